The van der Waals surface area contributed by atoms with Crippen LogP contribution in [0.25, 0.3) is 0 Å². The van der Waals surface area contributed by atoms with Crippen LogP contribution in [0.2, 0.25) is 10.0 Å². The van der Waals surface area contributed by atoms with Gasteiger partial charge in [-0.05, 0) is 30.9 Å². The van der Waals surface area contributed by atoms with Crippen LogP contribution in [0.4, 0.5) is 0 Å². The van der Waals surface area contributed by atoms with Crippen LogP contribution in [-0.4, -0.2) is 31.1 Å². The summed E-state index contributed by atoms with van der Waals surface area (Å²) in [6.45, 7) is 1.00. The molecule has 0 aromatic heterocycles. The maximum Gasteiger partial charge on any atom is 0.246 e. The van der Waals surface area contributed by atoms with Gasteiger partial charge in [0.2, 0.25) is 10.0 Å². The van der Waals surface area contributed by atoms with Crippen molar-refractivity contribution < 1.29 is 8.42 Å². The van der Waals surface area contributed by atoms with Gasteiger partial charge >= 0.3 is 0 Å². The van der Waals surface area contributed by atoms with Gasteiger partial charge in [-0.2, -0.15) is 4.31 Å². The number of piperidine rings is 1. The number of halogens is 4. The quantitative estimate of drug-likeness (QED) is 0.614. The molecule has 0 N–H and O–H groups in total. The zero-order chi connectivity index (χ0) is 14.9. The Morgan fingerprint density at radius 3 is 2.45 bits per heavy atom. The minimum atomic E-state index is -3.66. The second kappa shape index (κ2) is 6.84. The average molecular weight is 466 g/mol. The summed E-state index contributed by atoms with van der Waals surface area (Å²) in [5.74, 6) is 0.325. The molecule has 8 heteroatoms. The maximum atomic E-state index is 12.7. The lowest BCUT2D eigenvalue weighted by atomic mass is 10.0. The highest BCUT2D eigenvalue weighted by Crippen LogP contribution is 2.36. The summed E-state index contributed by atoms with van der Waals surface area (Å²) in [5.41, 5.74) is 0. The number of alkyl halides is 1. The highest BCUT2D eigenvalue weighted by molar-refractivity contribution is 9.10. The Kier molecular flexibility index (Phi) is 5.82. The van der Waals surface area contributed by atoms with Gasteiger partial charge in [0.15, 0.2) is 0 Å². The minimum absolute atomic E-state index is 0.000689. The molecule has 0 aliphatic carbocycles. The molecule has 1 atom stereocenters. The van der Waals surface area contributed by atoms with Crippen LogP contribution in [0.5, 0.6) is 0 Å². The second-order valence-electron chi connectivity index (χ2n) is 4.72. The molecule has 1 aromatic rings. The molecule has 1 heterocycles. The summed E-state index contributed by atoms with van der Waals surface area (Å²) in [7, 11) is -3.66. The van der Waals surface area contributed by atoms with Gasteiger partial charge in [0.25, 0.3) is 0 Å². The van der Waals surface area contributed by atoms with Crippen molar-refractivity contribution in [1.82, 2.24) is 4.31 Å². The van der Waals surface area contributed by atoms with Gasteiger partial charge in [-0.15, -0.1) is 0 Å². The molecule has 1 fully saturated rings. The fourth-order valence-electron chi connectivity index (χ4n) is 2.28. The van der Waals surface area contributed by atoms with Crippen molar-refractivity contribution in [1.29, 1.82) is 0 Å². The largest absolute Gasteiger partial charge is 0.246 e. The molecule has 0 spiro atoms. The predicted octanol–water partition coefficient (Wildman–Crippen LogP) is 4.55. The lowest BCUT2D eigenvalue weighted by Crippen LogP contribution is -2.40. The van der Waals surface area contributed by atoms with Crippen molar-refractivity contribution in [3.8, 4) is 0 Å². The van der Waals surface area contributed by atoms with E-state index in [2.05, 4.69) is 31.9 Å². The van der Waals surface area contributed by atoms with Crippen LogP contribution in [0.1, 0.15) is 12.8 Å². The van der Waals surface area contributed by atoms with Crippen LogP contribution < -0.4 is 0 Å². The fraction of sp³-hybridized carbons (Fsp3) is 0.500. The Morgan fingerprint density at radius 2 is 1.90 bits per heavy atom. The lowest BCUT2D eigenvalue weighted by molar-refractivity contribution is 0.285. The molecule has 0 radical (unpaired) electrons. The van der Waals surface area contributed by atoms with E-state index in [4.69, 9.17) is 23.2 Å². The highest BCUT2D eigenvalue weighted by Gasteiger charge is 2.33. The molecule has 1 unspecified atom stereocenters. The van der Waals surface area contributed by atoms with Gasteiger partial charge < -0.3 is 0 Å². The van der Waals surface area contributed by atoms with E-state index in [1.807, 2.05) is 0 Å². The van der Waals surface area contributed by atoms with E-state index in [1.165, 1.54) is 4.31 Å². The lowest BCUT2D eigenvalue weighted by Gasteiger charge is -2.31. The molecule has 1 aliphatic rings. The van der Waals surface area contributed by atoms with E-state index in [0.717, 1.165) is 18.2 Å². The minimum Gasteiger partial charge on any atom is -0.207 e. The number of hydrogen-bond acceptors (Lipinski definition) is 2. The molecule has 1 aliphatic heterocycles. The Labute approximate surface area is 145 Å². The standard InChI is InChI=1S/C12H13Br2Cl2NO2S/c13-6-8-2-1-3-17(7-8)20(18,19)12-10(15)4-9(14)5-11(12)16/h4-5,8H,1-3,6-7H2. The van der Waals surface area contributed by atoms with Crippen molar-refractivity contribution >= 4 is 65.1 Å². The van der Waals surface area contributed by atoms with Crippen molar-refractivity contribution in [3.05, 3.63) is 26.7 Å². The Hall–Kier alpha value is 0.670. The first-order chi connectivity index (χ1) is 9.36. The topological polar surface area (TPSA) is 37.4 Å². The molecule has 0 saturated carbocycles. The van der Waals surface area contributed by atoms with Gasteiger partial charge in [0.05, 0.1) is 10.0 Å². The van der Waals surface area contributed by atoms with Gasteiger partial charge in [-0.1, -0.05) is 55.1 Å². The molecule has 0 bridgehead atoms. The number of nitrogens with zero attached hydrogens (tertiary/aromatic N) is 1. The molecule has 1 aromatic carbocycles. The first kappa shape index (κ1) is 17.0. The first-order valence-electron chi connectivity index (χ1n) is 6.07. The second-order valence-corrected chi connectivity index (χ2v) is 8.98. The van der Waals surface area contributed by atoms with Gasteiger partial charge in [0.1, 0.15) is 4.90 Å². The molecule has 2 rings (SSSR count). The van der Waals surface area contributed by atoms with Crippen LogP contribution in [0.3, 0.4) is 0 Å². The molecule has 3 nitrogen and oxygen atoms in total. The number of rotatable bonds is 3. The Bertz CT molecular complexity index is 586. The molecular formula is C12H13Br2Cl2NO2S. The van der Waals surface area contributed by atoms with Crippen LogP contribution in [-0.2, 0) is 10.0 Å². The average Bonchev–Trinajstić information content (AvgIpc) is 2.37. The summed E-state index contributed by atoms with van der Waals surface area (Å²) in [6.07, 6.45) is 1.88. The van der Waals surface area contributed by atoms with Crippen molar-refractivity contribution in [2.45, 2.75) is 17.7 Å². The highest BCUT2D eigenvalue weighted by atomic mass is 79.9. The van der Waals surface area contributed by atoms with E-state index in [1.54, 1.807) is 12.1 Å². The monoisotopic (exact) mass is 463 g/mol. The van der Waals surface area contributed by atoms with Crippen molar-refractivity contribution in [2.75, 3.05) is 18.4 Å². The Balaban J connectivity index is 2.40. The van der Waals surface area contributed by atoms with E-state index >= 15 is 0 Å². The van der Waals surface area contributed by atoms with Crippen LogP contribution in [0.15, 0.2) is 21.5 Å². The van der Waals surface area contributed by atoms with Crippen molar-refractivity contribution in [2.24, 2.45) is 5.92 Å². The smallest absolute Gasteiger partial charge is 0.207 e. The number of sulfonamides is 1. The van der Waals surface area contributed by atoms with Gasteiger partial charge in [-0.3, -0.25) is 0 Å². The third-order valence-corrected chi connectivity index (χ3v) is 7.42. The molecular weight excluding hydrogens is 453 g/mol. The van der Waals surface area contributed by atoms with E-state index in [0.29, 0.717) is 23.5 Å². The van der Waals surface area contributed by atoms with Crippen molar-refractivity contribution in [3.63, 3.8) is 0 Å². The van der Waals surface area contributed by atoms with Gasteiger partial charge in [0, 0.05) is 22.9 Å². The van der Waals surface area contributed by atoms with E-state index in [9.17, 15) is 8.42 Å². The molecule has 20 heavy (non-hydrogen) atoms. The third kappa shape index (κ3) is 3.52. The van der Waals surface area contributed by atoms with Crippen LogP contribution >= 0.6 is 55.1 Å². The SMILES string of the molecule is O=S(=O)(c1c(Cl)cc(Br)cc1Cl)N1CCCC(CBr)C1. The maximum absolute atomic E-state index is 12.7. The summed E-state index contributed by atoms with van der Waals surface area (Å²) in [4.78, 5) is -0.000689. The number of hydrogen-bond donors (Lipinski definition) is 0. The molecule has 1 saturated heterocycles. The molecule has 0 amide bonds. The zero-order valence-electron chi connectivity index (χ0n) is 10.5. The number of benzene rings is 1. The van der Waals surface area contributed by atoms with Gasteiger partial charge in [-0.25, -0.2) is 8.42 Å². The third-order valence-electron chi connectivity index (χ3n) is 3.26. The predicted molar refractivity (Wildman–Crippen MR) is 89.4 cm³/mol. The summed E-state index contributed by atoms with van der Waals surface area (Å²) >= 11 is 18.8. The Morgan fingerprint density at radius 1 is 1.30 bits per heavy atom. The van der Waals surface area contributed by atoms with E-state index in [-0.39, 0.29) is 14.9 Å². The summed E-state index contributed by atoms with van der Waals surface area (Å²) in [5, 5.41) is 1.08. The molecule has 112 valence electrons. The normalized spacial score (nSPS) is 21.1. The zero-order valence-corrected chi connectivity index (χ0v) is 16.0. The van der Waals surface area contributed by atoms with Crippen LogP contribution in [0, 0.1) is 5.92 Å². The summed E-state index contributed by atoms with van der Waals surface area (Å²) in [6, 6.07) is 3.10. The van der Waals surface area contributed by atoms with E-state index < -0.39 is 10.0 Å². The fourth-order valence-corrected chi connectivity index (χ4v) is 6.24. The summed E-state index contributed by atoms with van der Waals surface area (Å²) < 4.78 is 27.6. The first-order valence-corrected chi connectivity index (χ1v) is 10.2.